The maximum Gasteiger partial charge on any atom is 0.0574 e. The normalized spacial score (nSPS) is 11.1. The Kier molecular flexibility index (Phi) is 5.40. The maximum atomic E-state index is 5.60. The lowest BCUT2D eigenvalue weighted by Gasteiger charge is -2.15. The van der Waals surface area contributed by atoms with Gasteiger partial charge in [0, 0.05) is 46.0 Å². The van der Waals surface area contributed by atoms with Crippen LogP contribution in [0.4, 0.5) is 11.4 Å². The first kappa shape index (κ1) is 16.4. The summed E-state index contributed by atoms with van der Waals surface area (Å²) >= 11 is 0. The highest BCUT2D eigenvalue weighted by Gasteiger charge is 2.08. The Morgan fingerprint density at radius 1 is 0.750 bits per heavy atom. The number of aromatic nitrogens is 2. The summed E-state index contributed by atoms with van der Waals surface area (Å²) in [7, 11) is 0. The van der Waals surface area contributed by atoms with Gasteiger partial charge in [-0.25, -0.2) is 0 Å². The molecule has 0 saturated carbocycles. The lowest BCUT2D eigenvalue weighted by atomic mass is 10.0. The summed E-state index contributed by atoms with van der Waals surface area (Å²) in [4.78, 5) is 0. The third kappa shape index (κ3) is 3.55. The quantitative estimate of drug-likeness (QED) is 0.375. The largest absolute Gasteiger partial charge is 0.384 e. The van der Waals surface area contributed by atoms with Crippen molar-refractivity contribution in [2.75, 3.05) is 36.8 Å². The van der Waals surface area contributed by atoms with Gasteiger partial charge in [0.25, 0.3) is 0 Å². The fraction of sp³-hybridized carbons (Fsp3) is 0.333. The Hall–Kier alpha value is -2.44. The summed E-state index contributed by atoms with van der Waals surface area (Å²) in [6.45, 7) is 3.08. The van der Waals surface area contributed by atoms with Gasteiger partial charge >= 0.3 is 0 Å². The van der Waals surface area contributed by atoms with Crippen molar-refractivity contribution < 1.29 is 0 Å². The molecule has 2 aromatic carbocycles. The molecule has 0 saturated heterocycles. The lowest BCUT2D eigenvalue weighted by Crippen LogP contribution is -2.10. The van der Waals surface area contributed by atoms with Gasteiger partial charge in [-0.1, -0.05) is 0 Å². The van der Waals surface area contributed by atoms with Crippen molar-refractivity contribution in [1.29, 1.82) is 0 Å². The van der Waals surface area contributed by atoms with Gasteiger partial charge in [0.05, 0.1) is 12.4 Å². The van der Waals surface area contributed by atoms with Crippen molar-refractivity contribution >= 4 is 32.9 Å². The van der Waals surface area contributed by atoms with Crippen LogP contribution in [0.1, 0.15) is 12.8 Å². The van der Waals surface area contributed by atoms with Crippen LogP contribution in [0.3, 0.4) is 0 Å². The molecule has 0 aliphatic heterocycles. The average Bonchev–Trinajstić information content (AvgIpc) is 2.62. The van der Waals surface area contributed by atoms with Crippen LogP contribution in [-0.4, -0.2) is 36.4 Å². The van der Waals surface area contributed by atoms with Gasteiger partial charge in [0.15, 0.2) is 0 Å². The third-order valence-corrected chi connectivity index (χ3v) is 4.07. The van der Waals surface area contributed by atoms with E-state index in [0.29, 0.717) is 13.1 Å². The van der Waals surface area contributed by atoms with E-state index in [1.807, 2.05) is 0 Å². The highest BCUT2D eigenvalue weighted by atomic mass is 15.1. The summed E-state index contributed by atoms with van der Waals surface area (Å²) in [5.41, 5.74) is 13.4. The Morgan fingerprint density at radius 2 is 1.21 bits per heavy atom. The average molecular weight is 324 g/mol. The van der Waals surface area contributed by atoms with Gasteiger partial charge in [0.1, 0.15) is 0 Å². The monoisotopic (exact) mass is 324 g/mol. The van der Waals surface area contributed by atoms with E-state index in [4.69, 9.17) is 11.5 Å². The lowest BCUT2D eigenvalue weighted by molar-refractivity contribution is 0.874. The number of nitrogens with zero attached hydrogens (tertiary/aromatic N) is 2. The first-order valence-electron chi connectivity index (χ1n) is 8.38. The molecule has 0 atom stereocenters. The van der Waals surface area contributed by atoms with Crippen molar-refractivity contribution in [3.05, 3.63) is 36.7 Å². The molecular weight excluding hydrogens is 300 g/mol. The molecule has 0 bridgehead atoms. The van der Waals surface area contributed by atoms with Gasteiger partial charge in [0.2, 0.25) is 0 Å². The van der Waals surface area contributed by atoms with E-state index in [9.17, 15) is 0 Å². The molecule has 0 aliphatic carbocycles. The molecule has 0 spiro atoms. The van der Waals surface area contributed by atoms with E-state index >= 15 is 0 Å². The van der Waals surface area contributed by atoms with Crippen LogP contribution in [0.5, 0.6) is 0 Å². The smallest absolute Gasteiger partial charge is 0.0574 e. The van der Waals surface area contributed by atoms with Crippen LogP contribution in [0, 0.1) is 0 Å². The molecule has 6 nitrogen and oxygen atoms in total. The van der Waals surface area contributed by atoms with E-state index in [-0.39, 0.29) is 0 Å². The van der Waals surface area contributed by atoms with Crippen molar-refractivity contribution in [3.8, 4) is 0 Å². The second-order valence-corrected chi connectivity index (χ2v) is 5.81. The number of rotatable bonds is 8. The topological polar surface area (TPSA) is 102 Å². The number of nitrogens with two attached hydrogens (primary N) is 2. The zero-order valence-corrected chi connectivity index (χ0v) is 13.8. The molecule has 1 heterocycles. The summed E-state index contributed by atoms with van der Waals surface area (Å²) in [5.74, 6) is 0. The molecule has 1 aromatic heterocycles. The second-order valence-electron chi connectivity index (χ2n) is 5.81. The molecule has 24 heavy (non-hydrogen) atoms. The molecule has 0 unspecified atom stereocenters. The Morgan fingerprint density at radius 3 is 1.62 bits per heavy atom. The van der Waals surface area contributed by atoms with Crippen molar-refractivity contribution in [2.24, 2.45) is 11.5 Å². The number of hydrogen-bond acceptors (Lipinski definition) is 6. The molecule has 126 valence electrons. The molecule has 0 radical (unpaired) electrons. The first-order chi connectivity index (χ1) is 11.8. The molecule has 0 aliphatic rings. The Bertz CT molecular complexity index is 749. The maximum absolute atomic E-state index is 5.60. The van der Waals surface area contributed by atoms with Gasteiger partial charge in [-0.3, -0.25) is 0 Å². The van der Waals surface area contributed by atoms with E-state index in [2.05, 4.69) is 45.1 Å². The summed E-state index contributed by atoms with van der Waals surface area (Å²) in [5, 5.41) is 19.5. The van der Waals surface area contributed by atoms with E-state index in [0.717, 1.165) is 48.1 Å². The van der Waals surface area contributed by atoms with Crippen LogP contribution in [-0.2, 0) is 0 Å². The zero-order valence-electron chi connectivity index (χ0n) is 13.8. The van der Waals surface area contributed by atoms with Crippen molar-refractivity contribution in [2.45, 2.75) is 12.8 Å². The van der Waals surface area contributed by atoms with E-state index in [1.165, 1.54) is 10.8 Å². The van der Waals surface area contributed by atoms with Gasteiger partial charge in [-0.2, -0.15) is 10.2 Å². The summed E-state index contributed by atoms with van der Waals surface area (Å²) in [6.07, 6.45) is 5.48. The van der Waals surface area contributed by atoms with Gasteiger partial charge < -0.3 is 22.1 Å². The first-order valence-corrected chi connectivity index (χ1v) is 8.38. The Balaban J connectivity index is 2.05. The second kappa shape index (κ2) is 7.90. The molecular formula is C18H24N6. The van der Waals surface area contributed by atoms with E-state index < -0.39 is 0 Å². The third-order valence-electron chi connectivity index (χ3n) is 4.07. The van der Waals surface area contributed by atoms with Crippen molar-refractivity contribution in [1.82, 2.24) is 10.2 Å². The number of hydrogen-bond donors (Lipinski definition) is 4. The molecule has 0 fully saturated rings. The predicted molar refractivity (Wildman–Crippen MR) is 101 cm³/mol. The predicted octanol–water partition coefficient (Wildman–Crippen LogP) is 2.30. The van der Waals surface area contributed by atoms with Crippen LogP contribution in [0.2, 0.25) is 0 Å². The molecule has 6 heteroatoms. The summed E-state index contributed by atoms with van der Waals surface area (Å²) in [6, 6.07) is 8.56. The van der Waals surface area contributed by atoms with Crippen LogP contribution in [0.15, 0.2) is 36.7 Å². The highest BCUT2D eigenvalue weighted by molar-refractivity contribution is 6.08. The standard InChI is InChI=1S/C18H24N6/c19-5-1-7-21-17-3-4-18(22-8-2-6-20)16-10-14-12-24-23-11-13(14)9-15(16)17/h3-4,9-12,21-22H,1-2,5-8,19-20H2. The number of fused-ring (bicyclic) bond motifs is 2. The fourth-order valence-corrected chi connectivity index (χ4v) is 2.80. The minimum absolute atomic E-state index is 0.683. The van der Waals surface area contributed by atoms with Crippen molar-refractivity contribution in [3.63, 3.8) is 0 Å². The number of nitrogens with one attached hydrogen (secondary N) is 2. The van der Waals surface area contributed by atoms with Crippen LogP contribution in [0.25, 0.3) is 21.5 Å². The SMILES string of the molecule is NCCCNc1ccc(NCCCN)c2cc3cnncc3cc12. The Labute approximate surface area is 141 Å². The zero-order chi connectivity index (χ0) is 16.8. The molecule has 0 amide bonds. The molecule has 6 N–H and O–H groups in total. The van der Waals surface area contributed by atoms with Gasteiger partial charge in [-0.15, -0.1) is 0 Å². The minimum atomic E-state index is 0.683. The number of anilines is 2. The minimum Gasteiger partial charge on any atom is -0.384 e. The summed E-state index contributed by atoms with van der Waals surface area (Å²) < 4.78 is 0. The molecule has 3 aromatic rings. The number of benzene rings is 2. The highest BCUT2D eigenvalue weighted by Crippen LogP contribution is 2.33. The van der Waals surface area contributed by atoms with Gasteiger partial charge in [-0.05, 0) is 50.2 Å². The fourth-order valence-electron chi connectivity index (χ4n) is 2.80. The van der Waals surface area contributed by atoms with Crippen LogP contribution < -0.4 is 22.1 Å². The van der Waals surface area contributed by atoms with Crippen LogP contribution >= 0.6 is 0 Å². The molecule has 3 rings (SSSR count). The van der Waals surface area contributed by atoms with E-state index in [1.54, 1.807) is 12.4 Å².